The van der Waals surface area contributed by atoms with Gasteiger partial charge in [0.25, 0.3) is 0 Å². The molecule has 6 nitrogen and oxygen atoms in total. The molecule has 0 radical (unpaired) electrons. The van der Waals surface area contributed by atoms with Gasteiger partial charge in [-0.3, -0.25) is 5.10 Å². The van der Waals surface area contributed by atoms with Gasteiger partial charge in [0.05, 0.1) is 7.11 Å². The number of aryl methyl sites for hydroxylation is 1. The molecule has 2 aromatic carbocycles. The zero-order valence-corrected chi connectivity index (χ0v) is 15.4. The second-order valence-electron chi connectivity index (χ2n) is 6.45. The van der Waals surface area contributed by atoms with Crippen LogP contribution in [0.25, 0.3) is 6.08 Å². The van der Waals surface area contributed by atoms with E-state index < -0.39 is 0 Å². The van der Waals surface area contributed by atoms with E-state index in [1.165, 1.54) is 0 Å². The van der Waals surface area contributed by atoms with Crippen LogP contribution in [-0.4, -0.2) is 17.3 Å². The number of aromatic nitrogens is 2. The lowest BCUT2D eigenvalue weighted by molar-refractivity contribution is 0.284. The highest BCUT2D eigenvalue weighted by atomic mass is 16.5. The second-order valence-corrected chi connectivity index (χ2v) is 6.45. The van der Waals surface area contributed by atoms with Gasteiger partial charge in [-0.15, -0.1) is 0 Å². The van der Waals surface area contributed by atoms with Crippen molar-refractivity contribution in [3.8, 4) is 11.5 Å². The average Bonchev–Trinajstić information content (AvgIpc) is 3.11. The van der Waals surface area contributed by atoms with Crippen molar-refractivity contribution in [2.45, 2.75) is 20.1 Å². The molecule has 4 rings (SSSR count). The fourth-order valence-electron chi connectivity index (χ4n) is 3.01. The van der Waals surface area contributed by atoms with Crippen LogP contribution >= 0.6 is 0 Å². The molecule has 1 aromatic heterocycles. The van der Waals surface area contributed by atoms with Crippen molar-refractivity contribution in [2.75, 3.05) is 12.4 Å². The number of anilines is 1. The first-order valence-electron chi connectivity index (χ1n) is 8.83. The molecule has 0 spiro atoms. The van der Waals surface area contributed by atoms with Gasteiger partial charge in [0.15, 0.2) is 17.3 Å². The molecule has 0 amide bonds. The number of methoxy groups -OCH3 is 1. The number of aromatic amines is 1. The maximum Gasteiger partial charge on any atom is 0.162 e. The van der Waals surface area contributed by atoms with E-state index in [-0.39, 0.29) is 0 Å². The molecule has 3 N–H and O–H groups in total. The maximum atomic E-state index is 6.02. The Morgan fingerprint density at radius 1 is 1.11 bits per heavy atom. The minimum absolute atomic E-state index is 0.496. The number of hydrogen-bond acceptors (Lipinski definition) is 5. The van der Waals surface area contributed by atoms with Crippen LogP contribution in [0, 0.1) is 6.92 Å². The molecule has 1 aliphatic heterocycles. The molecule has 3 aromatic rings. The molecule has 0 unspecified atom stereocenters. The number of rotatable bonds is 6. The van der Waals surface area contributed by atoms with Gasteiger partial charge in [-0.05, 0) is 41.8 Å². The van der Waals surface area contributed by atoms with E-state index in [1.807, 2.05) is 55.5 Å². The summed E-state index contributed by atoms with van der Waals surface area (Å²) in [4.78, 5) is 0. The highest BCUT2D eigenvalue weighted by Gasteiger charge is 2.16. The summed E-state index contributed by atoms with van der Waals surface area (Å²) in [6.07, 6.45) is 2.05. The Hall–Kier alpha value is -3.41. The molecule has 0 saturated heterocycles. The monoisotopic (exact) mass is 362 g/mol. The van der Waals surface area contributed by atoms with Gasteiger partial charge in [-0.2, -0.15) is 5.10 Å². The molecule has 0 bridgehead atoms. The SMILES string of the molecule is COc1cc2c(cc1OCc1ccccc1)C=C(Nc1cc(C)[nH]n1)NC2. The predicted octanol–water partition coefficient (Wildman–Crippen LogP) is 3.82. The second kappa shape index (κ2) is 7.45. The van der Waals surface area contributed by atoms with Gasteiger partial charge in [-0.1, -0.05) is 30.3 Å². The minimum atomic E-state index is 0.496. The summed E-state index contributed by atoms with van der Waals surface area (Å²) >= 11 is 0. The summed E-state index contributed by atoms with van der Waals surface area (Å²) < 4.78 is 11.5. The summed E-state index contributed by atoms with van der Waals surface area (Å²) in [5, 5.41) is 13.8. The third kappa shape index (κ3) is 3.89. The summed E-state index contributed by atoms with van der Waals surface area (Å²) in [6, 6.07) is 16.1. The minimum Gasteiger partial charge on any atom is -0.493 e. The van der Waals surface area contributed by atoms with Crippen molar-refractivity contribution < 1.29 is 9.47 Å². The first-order chi connectivity index (χ1) is 13.2. The third-order valence-corrected chi connectivity index (χ3v) is 4.40. The van der Waals surface area contributed by atoms with Crippen LogP contribution in [0.15, 0.2) is 54.4 Å². The quantitative estimate of drug-likeness (QED) is 0.622. The van der Waals surface area contributed by atoms with Crippen molar-refractivity contribution in [1.29, 1.82) is 0 Å². The Kier molecular flexibility index (Phi) is 4.70. The topological polar surface area (TPSA) is 71.2 Å². The molecule has 1 aliphatic rings. The van der Waals surface area contributed by atoms with Crippen LogP contribution in [0.4, 0.5) is 5.82 Å². The standard InChI is InChI=1S/C21H22N4O2/c1-14-8-21(25-24-14)23-20-11-16-9-19(18(26-2)10-17(16)12-22-20)27-13-15-6-4-3-5-7-15/h3-11,22H,12-13H2,1-2H3,(H2,23,24,25). The maximum absolute atomic E-state index is 6.02. The Morgan fingerprint density at radius 2 is 1.96 bits per heavy atom. The first kappa shape index (κ1) is 17.0. The van der Waals surface area contributed by atoms with Crippen LogP contribution in [0.5, 0.6) is 11.5 Å². The normalized spacial score (nSPS) is 12.6. The molecule has 27 heavy (non-hydrogen) atoms. The fourth-order valence-corrected chi connectivity index (χ4v) is 3.01. The van der Waals surface area contributed by atoms with Crippen molar-refractivity contribution in [1.82, 2.24) is 15.5 Å². The Morgan fingerprint density at radius 3 is 2.70 bits per heavy atom. The molecule has 2 heterocycles. The van der Waals surface area contributed by atoms with Crippen molar-refractivity contribution in [2.24, 2.45) is 0 Å². The van der Waals surface area contributed by atoms with Crippen LogP contribution in [-0.2, 0) is 13.2 Å². The molecular formula is C21H22N4O2. The van der Waals surface area contributed by atoms with E-state index in [0.29, 0.717) is 13.2 Å². The van der Waals surface area contributed by atoms with Gasteiger partial charge in [0.1, 0.15) is 12.4 Å². The largest absolute Gasteiger partial charge is 0.493 e. The van der Waals surface area contributed by atoms with Gasteiger partial charge in [0, 0.05) is 18.3 Å². The van der Waals surface area contributed by atoms with E-state index in [9.17, 15) is 0 Å². The molecule has 0 saturated carbocycles. The number of nitrogens with one attached hydrogen (secondary N) is 3. The summed E-state index contributed by atoms with van der Waals surface area (Å²) in [5.74, 6) is 3.14. The Bertz CT molecular complexity index is 964. The fraction of sp³-hybridized carbons (Fsp3) is 0.190. The molecule has 0 atom stereocenters. The van der Waals surface area contributed by atoms with Crippen molar-refractivity contribution in [3.05, 3.63) is 76.7 Å². The highest BCUT2D eigenvalue weighted by Crippen LogP contribution is 2.34. The van der Waals surface area contributed by atoms with Gasteiger partial charge >= 0.3 is 0 Å². The zero-order valence-electron chi connectivity index (χ0n) is 15.4. The zero-order chi connectivity index (χ0) is 18.6. The molecule has 6 heteroatoms. The van der Waals surface area contributed by atoms with Crippen LogP contribution in [0.1, 0.15) is 22.4 Å². The highest BCUT2D eigenvalue weighted by molar-refractivity contribution is 5.66. The van der Waals surface area contributed by atoms with Gasteiger partial charge in [-0.25, -0.2) is 0 Å². The first-order valence-corrected chi connectivity index (χ1v) is 8.83. The van der Waals surface area contributed by atoms with E-state index in [0.717, 1.165) is 45.5 Å². The molecule has 0 fully saturated rings. The van der Waals surface area contributed by atoms with Gasteiger partial charge in [0.2, 0.25) is 0 Å². The van der Waals surface area contributed by atoms with Crippen molar-refractivity contribution in [3.63, 3.8) is 0 Å². The summed E-state index contributed by atoms with van der Waals surface area (Å²) in [7, 11) is 1.66. The smallest absolute Gasteiger partial charge is 0.162 e. The van der Waals surface area contributed by atoms with E-state index in [2.05, 4.69) is 26.9 Å². The lowest BCUT2D eigenvalue weighted by atomic mass is 10.0. The van der Waals surface area contributed by atoms with Gasteiger partial charge < -0.3 is 20.1 Å². The number of benzene rings is 2. The Balaban J connectivity index is 1.56. The number of H-pyrrole nitrogens is 1. The van der Waals surface area contributed by atoms with Crippen molar-refractivity contribution >= 4 is 11.9 Å². The molecule has 138 valence electrons. The lowest BCUT2D eigenvalue weighted by Gasteiger charge is -2.21. The van der Waals surface area contributed by atoms with E-state index in [4.69, 9.17) is 9.47 Å². The number of ether oxygens (including phenoxy) is 2. The lowest BCUT2D eigenvalue weighted by Crippen LogP contribution is -2.23. The van der Waals surface area contributed by atoms with E-state index in [1.54, 1.807) is 7.11 Å². The Labute approximate surface area is 158 Å². The number of hydrogen-bond donors (Lipinski definition) is 3. The number of nitrogens with zero attached hydrogens (tertiary/aromatic N) is 1. The number of fused-ring (bicyclic) bond motifs is 1. The third-order valence-electron chi connectivity index (χ3n) is 4.40. The summed E-state index contributed by atoms with van der Waals surface area (Å²) in [5.41, 5.74) is 4.37. The van der Waals surface area contributed by atoms with Crippen LogP contribution in [0.2, 0.25) is 0 Å². The molecular weight excluding hydrogens is 340 g/mol. The predicted molar refractivity (Wildman–Crippen MR) is 106 cm³/mol. The van der Waals surface area contributed by atoms with Crippen LogP contribution < -0.4 is 20.1 Å². The molecule has 0 aliphatic carbocycles. The average molecular weight is 362 g/mol. The van der Waals surface area contributed by atoms with Crippen LogP contribution in [0.3, 0.4) is 0 Å². The summed E-state index contributed by atoms with van der Waals surface area (Å²) in [6.45, 7) is 3.17. The van der Waals surface area contributed by atoms with E-state index >= 15 is 0 Å².